The third kappa shape index (κ3) is 3.30. The van der Waals surface area contributed by atoms with Gasteiger partial charge in [-0.05, 0) is 6.42 Å². The van der Waals surface area contributed by atoms with Gasteiger partial charge in [-0.1, -0.05) is 37.3 Å². The van der Waals surface area contributed by atoms with Crippen LogP contribution in [0.25, 0.3) is 0 Å². The van der Waals surface area contributed by atoms with E-state index < -0.39 is 0 Å². The molecule has 3 heteroatoms. The summed E-state index contributed by atoms with van der Waals surface area (Å²) in [5, 5.41) is 0. The molecule has 17 heavy (non-hydrogen) atoms. The highest BCUT2D eigenvalue weighted by Gasteiger charge is 2.16. The van der Waals surface area contributed by atoms with Crippen molar-refractivity contribution in [3.63, 3.8) is 0 Å². The second kappa shape index (κ2) is 6.40. The van der Waals surface area contributed by atoms with Crippen molar-refractivity contribution in [3.8, 4) is 0 Å². The molecule has 1 aliphatic heterocycles. The summed E-state index contributed by atoms with van der Waals surface area (Å²) in [4.78, 5) is 7.05. The number of rotatable bonds is 3. The maximum Gasteiger partial charge on any atom is 0.131 e. The van der Waals surface area contributed by atoms with Crippen molar-refractivity contribution in [2.45, 2.75) is 13.3 Å². The molecule has 0 bridgehead atoms. The van der Waals surface area contributed by atoms with Gasteiger partial charge in [-0.3, -0.25) is 4.99 Å². The van der Waals surface area contributed by atoms with Crippen molar-refractivity contribution in [3.05, 3.63) is 35.9 Å². The average Bonchev–Trinajstić information content (AvgIpc) is 2.42. The Hall–Kier alpha value is -1.35. The maximum absolute atomic E-state index is 5.39. The summed E-state index contributed by atoms with van der Waals surface area (Å²) in [7, 11) is 0. The summed E-state index contributed by atoms with van der Waals surface area (Å²) in [5.41, 5.74) is 1.21. The highest BCUT2D eigenvalue weighted by Crippen LogP contribution is 2.09. The Morgan fingerprint density at radius 1 is 1.24 bits per heavy atom. The third-order valence-electron chi connectivity index (χ3n) is 2.83. The molecule has 0 atom stereocenters. The fourth-order valence-electron chi connectivity index (χ4n) is 1.95. The highest BCUT2D eigenvalue weighted by molar-refractivity contribution is 5.98. The molecule has 0 aliphatic carbocycles. The zero-order valence-corrected chi connectivity index (χ0v) is 10.4. The van der Waals surface area contributed by atoms with E-state index in [0.717, 1.165) is 45.1 Å². The van der Waals surface area contributed by atoms with E-state index in [-0.39, 0.29) is 0 Å². The molecule has 1 aromatic rings. The fourth-order valence-corrected chi connectivity index (χ4v) is 1.95. The number of hydrogen-bond donors (Lipinski definition) is 0. The van der Waals surface area contributed by atoms with Crippen LogP contribution in [-0.4, -0.2) is 43.6 Å². The van der Waals surface area contributed by atoms with Crippen LogP contribution >= 0.6 is 0 Å². The van der Waals surface area contributed by atoms with Crippen molar-refractivity contribution in [1.82, 2.24) is 4.90 Å². The molecule has 1 aromatic carbocycles. The summed E-state index contributed by atoms with van der Waals surface area (Å²) in [6, 6.07) is 10.4. The van der Waals surface area contributed by atoms with Gasteiger partial charge in [0.2, 0.25) is 0 Å². The van der Waals surface area contributed by atoms with Gasteiger partial charge in [0.15, 0.2) is 0 Å². The molecule has 3 nitrogen and oxygen atoms in total. The lowest BCUT2D eigenvalue weighted by Gasteiger charge is -2.30. The molecule has 1 heterocycles. The number of hydrogen-bond acceptors (Lipinski definition) is 2. The van der Waals surface area contributed by atoms with E-state index in [1.54, 1.807) is 0 Å². The highest BCUT2D eigenvalue weighted by atomic mass is 16.5. The van der Waals surface area contributed by atoms with Gasteiger partial charge in [0.1, 0.15) is 5.84 Å². The molecule has 2 rings (SSSR count). The van der Waals surface area contributed by atoms with E-state index in [1.807, 2.05) is 6.07 Å². The molecule has 1 aliphatic rings. The topological polar surface area (TPSA) is 24.8 Å². The Morgan fingerprint density at radius 3 is 2.59 bits per heavy atom. The van der Waals surface area contributed by atoms with Crippen molar-refractivity contribution in [1.29, 1.82) is 0 Å². The first kappa shape index (κ1) is 12.1. The predicted molar refractivity (Wildman–Crippen MR) is 70.5 cm³/mol. The molecular weight excluding hydrogens is 212 g/mol. The first-order chi connectivity index (χ1) is 8.42. The fraction of sp³-hybridized carbons (Fsp3) is 0.500. The minimum atomic E-state index is 0.804. The van der Waals surface area contributed by atoms with Crippen LogP contribution in [0.4, 0.5) is 0 Å². The van der Waals surface area contributed by atoms with Gasteiger partial charge in [0.05, 0.1) is 13.2 Å². The van der Waals surface area contributed by atoms with Crippen LogP contribution < -0.4 is 0 Å². The third-order valence-corrected chi connectivity index (χ3v) is 2.83. The molecule has 0 radical (unpaired) electrons. The van der Waals surface area contributed by atoms with Crippen LogP contribution in [-0.2, 0) is 4.74 Å². The largest absolute Gasteiger partial charge is 0.378 e. The SMILES string of the molecule is CCCN=C(c1ccccc1)N1CCOCC1. The monoisotopic (exact) mass is 232 g/mol. The predicted octanol–water partition coefficient (Wildman–Crippen LogP) is 2.18. The van der Waals surface area contributed by atoms with E-state index >= 15 is 0 Å². The van der Waals surface area contributed by atoms with Crippen molar-refractivity contribution >= 4 is 5.84 Å². The standard InChI is InChI=1S/C14H20N2O/c1-2-8-15-14(13-6-4-3-5-7-13)16-9-11-17-12-10-16/h3-7H,2,8-12H2,1H3. The van der Waals surface area contributed by atoms with Gasteiger partial charge in [-0.15, -0.1) is 0 Å². The molecule has 0 N–H and O–H groups in total. The van der Waals surface area contributed by atoms with Crippen LogP contribution in [0.5, 0.6) is 0 Å². The van der Waals surface area contributed by atoms with E-state index in [1.165, 1.54) is 5.56 Å². The molecule has 0 saturated carbocycles. The zero-order chi connectivity index (χ0) is 11.9. The van der Waals surface area contributed by atoms with Crippen molar-refractivity contribution in [2.75, 3.05) is 32.8 Å². The van der Waals surface area contributed by atoms with Crippen LogP contribution in [0, 0.1) is 0 Å². The Balaban J connectivity index is 2.18. The van der Waals surface area contributed by atoms with E-state index in [4.69, 9.17) is 9.73 Å². The lowest BCUT2D eigenvalue weighted by molar-refractivity contribution is 0.0682. The van der Waals surface area contributed by atoms with Crippen LogP contribution in [0.2, 0.25) is 0 Å². The van der Waals surface area contributed by atoms with Gasteiger partial charge >= 0.3 is 0 Å². The van der Waals surface area contributed by atoms with Crippen LogP contribution in [0.1, 0.15) is 18.9 Å². The summed E-state index contributed by atoms with van der Waals surface area (Å²) in [6.07, 6.45) is 1.08. The van der Waals surface area contributed by atoms with E-state index in [9.17, 15) is 0 Å². The number of morpholine rings is 1. The summed E-state index contributed by atoms with van der Waals surface area (Å²) in [6.45, 7) is 6.54. The normalized spacial score (nSPS) is 17.2. The van der Waals surface area contributed by atoms with E-state index in [0.29, 0.717) is 0 Å². The Kier molecular flexibility index (Phi) is 4.56. The van der Waals surface area contributed by atoms with Crippen molar-refractivity contribution in [2.24, 2.45) is 4.99 Å². The molecule has 0 aromatic heterocycles. The van der Waals surface area contributed by atoms with Gasteiger partial charge in [-0.25, -0.2) is 0 Å². The molecule has 92 valence electrons. The molecular formula is C14H20N2O. The lowest BCUT2D eigenvalue weighted by atomic mass is 10.2. The number of amidine groups is 1. The Labute approximate surface area is 103 Å². The number of aliphatic imine (C=N–C) groups is 1. The maximum atomic E-state index is 5.39. The van der Waals surface area contributed by atoms with Gasteiger partial charge in [0, 0.05) is 25.2 Å². The second-order valence-corrected chi connectivity index (χ2v) is 4.17. The Morgan fingerprint density at radius 2 is 1.94 bits per heavy atom. The average molecular weight is 232 g/mol. The van der Waals surface area contributed by atoms with Gasteiger partial charge in [0.25, 0.3) is 0 Å². The minimum absolute atomic E-state index is 0.804. The molecule has 0 amide bonds. The molecule has 0 spiro atoms. The minimum Gasteiger partial charge on any atom is -0.378 e. The quantitative estimate of drug-likeness (QED) is 0.589. The zero-order valence-electron chi connectivity index (χ0n) is 10.4. The van der Waals surface area contributed by atoms with Gasteiger partial charge in [-0.2, -0.15) is 0 Å². The van der Waals surface area contributed by atoms with E-state index in [2.05, 4.69) is 36.1 Å². The first-order valence-corrected chi connectivity index (χ1v) is 6.34. The molecule has 1 saturated heterocycles. The van der Waals surface area contributed by atoms with Crippen LogP contribution in [0.15, 0.2) is 35.3 Å². The first-order valence-electron chi connectivity index (χ1n) is 6.34. The Bertz CT molecular complexity index is 356. The van der Waals surface area contributed by atoms with Crippen molar-refractivity contribution < 1.29 is 4.74 Å². The lowest BCUT2D eigenvalue weighted by Crippen LogP contribution is -2.41. The van der Waals surface area contributed by atoms with Crippen LogP contribution in [0.3, 0.4) is 0 Å². The summed E-state index contributed by atoms with van der Waals surface area (Å²) >= 11 is 0. The second-order valence-electron chi connectivity index (χ2n) is 4.17. The molecule has 0 unspecified atom stereocenters. The molecule has 1 fully saturated rings. The number of nitrogens with zero attached hydrogens (tertiary/aromatic N) is 2. The van der Waals surface area contributed by atoms with Gasteiger partial charge < -0.3 is 9.64 Å². The smallest absolute Gasteiger partial charge is 0.131 e. The number of ether oxygens (including phenoxy) is 1. The summed E-state index contributed by atoms with van der Waals surface area (Å²) in [5.74, 6) is 1.12. The summed E-state index contributed by atoms with van der Waals surface area (Å²) < 4.78 is 5.39. The number of benzene rings is 1.